The number of quaternary nitrogens is 1. The highest BCUT2D eigenvalue weighted by Gasteiger charge is 2.24. The van der Waals surface area contributed by atoms with Crippen LogP contribution in [-0.2, 0) is 4.79 Å². The summed E-state index contributed by atoms with van der Waals surface area (Å²) < 4.78 is 5.29. The van der Waals surface area contributed by atoms with Gasteiger partial charge in [0.15, 0.2) is 6.54 Å². The highest BCUT2D eigenvalue weighted by atomic mass is 16.5. The first-order chi connectivity index (χ1) is 9.60. The first kappa shape index (κ1) is 14.9. The zero-order valence-corrected chi connectivity index (χ0v) is 12.7. The molecule has 1 aliphatic rings. The van der Waals surface area contributed by atoms with Crippen LogP contribution in [0.5, 0.6) is 5.75 Å². The molecule has 0 aromatic heterocycles. The molecule has 0 radical (unpaired) electrons. The summed E-state index contributed by atoms with van der Waals surface area (Å²) in [6, 6.07) is 6.40. The van der Waals surface area contributed by atoms with Crippen molar-refractivity contribution < 1.29 is 14.4 Å². The van der Waals surface area contributed by atoms with Gasteiger partial charge < -0.3 is 15.0 Å². The van der Waals surface area contributed by atoms with E-state index in [1.807, 2.05) is 25.1 Å². The highest BCUT2D eigenvalue weighted by Crippen LogP contribution is 2.24. The second-order valence-corrected chi connectivity index (χ2v) is 5.73. The van der Waals surface area contributed by atoms with Gasteiger partial charge in [0.2, 0.25) is 0 Å². The van der Waals surface area contributed by atoms with Crippen LogP contribution >= 0.6 is 0 Å². The number of aryl methyl sites for hydroxylation is 1. The molecular formula is C16H25N2O2+. The standard InChI is InChI=1S/C16H24N2O2/c1-12-7-8-15(20-3)14(10-12)17-16(19)11-18-9-5-4-6-13(18)2/h7-8,10,13H,4-6,9,11H2,1-3H3,(H,17,19)/p+1/t13-/m1/s1. The third-order valence-corrected chi connectivity index (χ3v) is 4.10. The average molecular weight is 277 g/mol. The molecule has 1 unspecified atom stereocenters. The van der Waals surface area contributed by atoms with E-state index in [4.69, 9.17) is 4.74 Å². The molecule has 1 aromatic carbocycles. The summed E-state index contributed by atoms with van der Waals surface area (Å²) in [6.45, 7) is 5.87. The van der Waals surface area contributed by atoms with Gasteiger partial charge in [0.05, 0.1) is 25.4 Å². The van der Waals surface area contributed by atoms with Crippen LogP contribution in [0.4, 0.5) is 5.69 Å². The molecule has 0 spiro atoms. The fourth-order valence-corrected chi connectivity index (χ4v) is 2.84. The van der Waals surface area contributed by atoms with Crippen molar-refractivity contribution in [2.24, 2.45) is 0 Å². The number of amides is 1. The van der Waals surface area contributed by atoms with Gasteiger partial charge >= 0.3 is 0 Å². The number of anilines is 1. The molecule has 4 heteroatoms. The van der Waals surface area contributed by atoms with Crippen LogP contribution in [0.1, 0.15) is 31.7 Å². The maximum absolute atomic E-state index is 12.2. The average Bonchev–Trinajstić information content (AvgIpc) is 2.41. The predicted molar refractivity (Wildman–Crippen MR) is 80.4 cm³/mol. The Labute approximate surface area is 121 Å². The Kier molecular flexibility index (Phi) is 5.01. The Morgan fingerprint density at radius 3 is 2.95 bits per heavy atom. The van der Waals surface area contributed by atoms with E-state index in [0.717, 1.165) is 17.8 Å². The van der Waals surface area contributed by atoms with Gasteiger partial charge in [0, 0.05) is 0 Å². The molecular weight excluding hydrogens is 252 g/mol. The summed E-state index contributed by atoms with van der Waals surface area (Å²) >= 11 is 0. The van der Waals surface area contributed by atoms with Crippen molar-refractivity contribution in [3.63, 3.8) is 0 Å². The van der Waals surface area contributed by atoms with Crippen molar-refractivity contribution in [2.75, 3.05) is 25.5 Å². The molecule has 2 atom stereocenters. The number of methoxy groups -OCH3 is 1. The van der Waals surface area contributed by atoms with Crippen LogP contribution in [0.15, 0.2) is 18.2 Å². The normalized spacial score (nSPS) is 22.4. The number of rotatable bonds is 4. The minimum atomic E-state index is 0.0673. The van der Waals surface area contributed by atoms with Crippen LogP contribution in [0.2, 0.25) is 0 Å². The van der Waals surface area contributed by atoms with Crippen LogP contribution in [-0.4, -0.2) is 32.1 Å². The fraction of sp³-hybridized carbons (Fsp3) is 0.562. The van der Waals surface area contributed by atoms with Gasteiger partial charge in [-0.15, -0.1) is 0 Å². The minimum Gasteiger partial charge on any atom is -0.495 e. The van der Waals surface area contributed by atoms with Gasteiger partial charge in [-0.05, 0) is 50.8 Å². The quantitative estimate of drug-likeness (QED) is 0.873. The number of carbonyl (C=O) groups excluding carboxylic acids is 1. The molecule has 4 nitrogen and oxygen atoms in total. The van der Waals surface area contributed by atoms with Gasteiger partial charge in [0.1, 0.15) is 5.75 Å². The van der Waals surface area contributed by atoms with Crippen molar-refractivity contribution in [1.29, 1.82) is 0 Å². The van der Waals surface area contributed by atoms with E-state index < -0.39 is 0 Å². The topological polar surface area (TPSA) is 42.8 Å². The first-order valence-electron chi connectivity index (χ1n) is 7.39. The number of nitrogens with one attached hydrogen (secondary N) is 2. The monoisotopic (exact) mass is 277 g/mol. The largest absolute Gasteiger partial charge is 0.495 e. The SMILES string of the molecule is COc1ccc(C)cc1NC(=O)C[NH+]1CCCC[C@H]1C. The second-order valence-electron chi connectivity index (χ2n) is 5.73. The number of hydrogen-bond acceptors (Lipinski definition) is 2. The van der Waals surface area contributed by atoms with E-state index in [-0.39, 0.29) is 5.91 Å². The Morgan fingerprint density at radius 1 is 1.45 bits per heavy atom. The fourth-order valence-electron chi connectivity index (χ4n) is 2.84. The molecule has 1 heterocycles. The van der Waals surface area contributed by atoms with Crippen molar-refractivity contribution in [1.82, 2.24) is 0 Å². The lowest BCUT2D eigenvalue weighted by atomic mass is 10.0. The molecule has 1 saturated heterocycles. The maximum atomic E-state index is 12.2. The Hall–Kier alpha value is -1.55. The lowest BCUT2D eigenvalue weighted by Crippen LogP contribution is -3.17. The van der Waals surface area contributed by atoms with Gasteiger partial charge in [0.25, 0.3) is 5.91 Å². The summed E-state index contributed by atoms with van der Waals surface area (Å²) in [5.74, 6) is 0.781. The Bertz CT molecular complexity index is 474. The summed E-state index contributed by atoms with van der Waals surface area (Å²) in [6.07, 6.45) is 3.73. The van der Waals surface area contributed by atoms with E-state index in [9.17, 15) is 4.79 Å². The van der Waals surface area contributed by atoms with Gasteiger partial charge in [-0.2, -0.15) is 0 Å². The molecule has 1 fully saturated rings. The molecule has 0 aliphatic carbocycles. The lowest BCUT2D eigenvalue weighted by Gasteiger charge is -2.29. The number of hydrogen-bond donors (Lipinski definition) is 2. The molecule has 1 amide bonds. The zero-order valence-electron chi connectivity index (χ0n) is 12.7. The van der Waals surface area contributed by atoms with Crippen molar-refractivity contribution >= 4 is 11.6 Å². The Balaban J connectivity index is 1.99. The van der Waals surface area contributed by atoms with Crippen LogP contribution in [0.25, 0.3) is 0 Å². The zero-order chi connectivity index (χ0) is 14.5. The van der Waals surface area contributed by atoms with Crippen molar-refractivity contribution in [2.45, 2.75) is 39.2 Å². The number of likely N-dealkylation sites (tertiary alicyclic amines) is 1. The first-order valence-corrected chi connectivity index (χ1v) is 7.39. The summed E-state index contributed by atoms with van der Waals surface area (Å²) in [5.41, 5.74) is 1.88. The molecule has 0 saturated carbocycles. The van der Waals surface area contributed by atoms with Crippen LogP contribution < -0.4 is 15.0 Å². The molecule has 1 aliphatic heterocycles. The third-order valence-electron chi connectivity index (χ3n) is 4.10. The molecule has 2 N–H and O–H groups in total. The van der Waals surface area contributed by atoms with E-state index in [2.05, 4.69) is 12.2 Å². The summed E-state index contributed by atoms with van der Waals surface area (Å²) in [5, 5.41) is 2.99. The van der Waals surface area contributed by atoms with Crippen molar-refractivity contribution in [3.8, 4) is 5.75 Å². The van der Waals surface area contributed by atoms with E-state index in [0.29, 0.717) is 18.3 Å². The van der Waals surface area contributed by atoms with Gasteiger partial charge in [-0.3, -0.25) is 4.79 Å². The van der Waals surface area contributed by atoms with Crippen LogP contribution in [0, 0.1) is 6.92 Å². The van der Waals surface area contributed by atoms with Crippen LogP contribution in [0.3, 0.4) is 0 Å². The highest BCUT2D eigenvalue weighted by molar-refractivity contribution is 5.93. The summed E-state index contributed by atoms with van der Waals surface area (Å²) in [4.78, 5) is 13.6. The summed E-state index contributed by atoms with van der Waals surface area (Å²) in [7, 11) is 1.62. The molecule has 110 valence electrons. The van der Waals surface area contributed by atoms with Gasteiger partial charge in [-0.1, -0.05) is 6.07 Å². The minimum absolute atomic E-state index is 0.0673. The molecule has 1 aromatic rings. The van der Waals surface area contributed by atoms with E-state index in [1.165, 1.54) is 24.2 Å². The number of carbonyl (C=O) groups is 1. The number of piperidine rings is 1. The predicted octanol–water partition coefficient (Wildman–Crippen LogP) is 1.40. The van der Waals surface area contributed by atoms with E-state index in [1.54, 1.807) is 7.11 Å². The Morgan fingerprint density at radius 2 is 2.25 bits per heavy atom. The maximum Gasteiger partial charge on any atom is 0.279 e. The molecule has 0 bridgehead atoms. The van der Waals surface area contributed by atoms with E-state index >= 15 is 0 Å². The van der Waals surface area contributed by atoms with Crippen molar-refractivity contribution in [3.05, 3.63) is 23.8 Å². The lowest BCUT2D eigenvalue weighted by molar-refractivity contribution is -0.920. The number of benzene rings is 1. The third kappa shape index (κ3) is 3.73. The smallest absolute Gasteiger partial charge is 0.279 e. The second kappa shape index (κ2) is 6.75. The number of ether oxygens (including phenoxy) is 1. The molecule has 2 rings (SSSR count). The van der Waals surface area contributed by atoms with Gasteiger partial charge in [-0.25, -0.2) is 0 Å². The molecule has 20 heavy (non-hydrogen) atoms.